The zero-order chi connectivity index (χ0) is 17.9. The fourth-order valence-electron chi connectivity index (χ4n) is 3.06. The third kappa shape index (κ3) is 3.19. The number of nitrogens with zero attached hydrogens (tertiary/aromatic N) is 2. The minimum Gasteiger partial charge on any atom is -0.507 e. The summed E-state index contributed by atoms with van der Waals surface area (Å²) in [6.07, 6.45) is 3.43. The van der Waals surface area contributed by atoms with Gasteiger partial charge in [0.25, 0.3) is 0 Å². The first kappa shape index (κ1) is 16.4. The molecule has 0 saturated carbocycles. The van der Waals surface area contributed by atoms with E-state index in [-0.39, 0.29) is 11.5 Å². The summed E-state index contributed by atoms with van der Waals surface area (Å²) in [6, 6.07) is 12.3. The van der Waals surface area contributed by atoms with Gasteiger partial charge in [0.15, 0.2) is 5.78 Å². The van der Waals surface area contributed by atoms with E-state index in [1.807, 2.05) is 12.1 Å². The summed E-state index contributed by atoms with van der Waals surface area (Å²) in [6.45, 7) is 3.04. The average Bonchev–Trinajstić information content (AvgIpc) is 3.19. The smallest absolute Gasteiger partial charge is 0.198 e. The maximum absolute atomic E-state index is 12.6. The third-order valence-electron chi connectivity index (χ3n) is 4.49. The van der Waals surface area contributed by atoms with Gasteiger partial charge in [0.1, 0.15) is 11.6 Å². The average molecular weight is 349 g/mol. The van der Waals surface area contributed by atoms with E-state index in [1.165, 1.54) is 6.07 Å². The van der Waals surface area contributed by atoms with Gasteiger partial charge in [-0.1, -0.05) is 12.1 Å². The number of aromatic nitrogens is 2. The molecular weight excluding hydrogens is 330 g/mol. The van der Waals surface area contributed by atoms with E-state index >= 15 is 0 Å². The number of para-hydroxylation sites is 1. The topological polar surface area (TPSA) is 78.5 Å². The van der Waals surface area contributed by atoms with Gasteiger partial charge in [0.2, 0.25) is 0 Å². The van der Waals surface area contributed by atoms with Crippen molar-refractivity contribution in [2.75, 3.05) is 31.2 Å². The monoisotopic (exact) mass is 349 g/mol. The van der Waals surface area contributed by atoms with Crippen molar-refractivity contribution in [2.24, 2.45) is 0 Å². The van der Waals surface area contributed by atoms with Crippen LogP contribution >= 0.6 is 0 Å². The number of ether oxygens (including phenoxy) is 1. The molecule has 3 aromatic rings. The summed E-state index contributed by atoms with van der Waals surface area (Å²) in [4.78, 5) is 22.4. The van der Waals surface area contributed by atoms with Gasteiger partial charge in [0.05, 0.1) is 18.8 Å². The first-order chi connectivity index (χ1) is 12.7. The van der Waals surface area contributed by atoms with Crippen LogP contribution < -0.4 is 4.90 Å². The van der Waals surface area contributed by atoms with Crippen LogP contribution in [0.15, 0.2) is 54.9 Å². The van der Waals surface area contributed by atoms with Gasteiger partial charge in [0, 0.05) is 42.3 Å². The van der Waals surface area contributed by atoms with Crippen molar-refractivity contribution in [1.29, 1.82) is 0 Å². The molecule has 6 heteroatoms. The van der Waals surface area contributed by atoms with E-state index in [9.17, 15) is 9.90 Å². The Morgan fingerprint density at radius 1 is 1.15 bits per heavy atom. The molecule has 1 aromatic carbocycles. The molecule has 1 saturated heterocycles. The molecule has 0 atom stereocenters. The minimum absolute atomic E-state index is 0.0150. The molecule has 1 aliphatic rings. The molecule has 6 nitrogen and oxygen atoms in total. The molecule has 3 heterocycles. The number of H-pyrrole nitrogens is 1. The predicted octanol–water partition coefficient (Wildman–Crippen LogP) is 2.85. The van der Waals surface area contributed by atoms with Gasteiger partial charge >= 0.3 is 0 Å². The lowest BCUT2D eigenvalue weighted by Crippen LogP contribution is -2.36. The number of aromatic amines is 1. The zero-order valence-corrected chi connectivity index (χ0v) is 14.2. The Bertz CT molecular complexity index is 929. The number of morpholine rings is 1. The SMILES string of the molecule is O=C(c1c[nH]c(-c2ccnc(N3CCOCC3)c2)c1)c1ccccc1O. The van der Waals surface area contributed by atoms with Crippen LogP contribution in [0.5, 0.6) is 5.75 Å². The number of benzene rings is 1. The molecule has 0 radical (unpaired) electrons. The van der Waals surface area contributed by atoms with Crippen molar-refractivity contribution in [3.8, 4) is 17.0 Å². The van der Waals surface area contributed by atoms with Crippen molar-refractivity contribution < 1.29 is 14.6 Å². The molecule has 2 aromatic heterocycles. The number of phenols is 1. The molecule has 0 unspecified atom stereocenters. The normalized spacial score (nSPS) is 14.4. The molecule has 1 aliphatic heterocycles. The largest absolute Gasteiger partial charge is 0.507 e. The fourth-order valence-corrected chi connectivity index (χ4v) is 3.06. The highest BCUT2D eigenvalue weighted by molar-refractivity contribution is 6.11. The van der Waals surface area contributed by atoms with Crippen molar-refractivity contribution in [2.45, 2.75) is 0 Å². The number of carbonyl (C=O) groups is 1. The van der Waals surface area contributed by atoms with Crippen molar-refractivity contribution in [3.05, 3.63) is 66.0 Å². The zero-order valence-electron chi connectivity index (χ0n) is 14.2. The van der Waals surface area contributed by atoms with Crippen LogP contribution in [0.1, 0.15) is 15.9 Å². The Morgan fingerprint density at radius 2 is 1.96 bits per heavy atom. The third-order valence-corrected chi connectivity index (χ3v) is 4.49. The van der Waals surface area contributed by atoms with Crippen molar-refractivity contribution in [1.82, 2.24) is 9.97 Å². The maximum atomic E-state index is 12.6. The number of aromatic hydroxyl groups is 1. The number of carbonyl (C=O) groups excluding carboxylic acids is 1. The Labute approximate surface area is 151 Å². The highest BCUT2D eigenvalue weighted by Gasteiger charge is 2.16. The van der Waals surface area contributed by atoms with Crippen LogP contribution in [-0.4, -0.2) is 47.2 Å². The number of rotatable bonds is 4. The minimum atomic E-state index is -0.215. The number of phenolic OH excluding ortho intramolecular Hbond substituents is 1. The van der Waals surface area contributed by atoms with Crippen LogP contribution in [0.2, 0.25) is 0 Å². The number of nitrogens with one attached hydrogen (secondary N) is 1. The van der Waals surface area contributed by atoms with Gasteiger partial charge in [-0.05, 0) is 30.3 Å². The molecular formula is C20H19N3O3. The molecule has 2 N–H and O–H groups in total. The van der Waals surface area contributed by atoms with Crippen molar-refractivity contribution >= 4 is 11.6 Å². The Kier molecular flexibility index (Phi) is 4.41. The molecule has 4 rings (SSSR count). The molecule has 0 aliphatic carbocycles. The number of hydrogen-bond donors (Lipinski definition) is 2. The summed E-state index contributed by atoms with van der Waals surface area (Å²) < 4.78 is 5.38. The number of pyridine rings is 1. The predicted molar refractivity (Wildman–Crippen MR) is 98.6 cm³/mol. The summed E-state index contributed by atoms with van der Waals surface area (Å²) >= 11 is 0. The van der Waals surface area contributed by atoms with Crippen LogP contribution in [-0.2, 0) is 4.74 Å². The summed E-state index contributed by atoms with van der Waals surface area (Å²) in [5.74, 6) is 0.667. The van der Waals surface area contributed by atoms with Gasteiger partial charge < -0.3 is 19.7 Å². The number of ketones is 1. The van der Waals surface area contributed by atoms with Crippen LogP contribution in [0.4, 0.5) is 5.82 Å². The van der Waals surface area contributed by atoms with E-state index in [1.54, 1.807) is 36.7 Å². The van der Waals surface area contributed by atoms with E-state index in [4.69, 9.17) is 4.74 Å². The van der Waals surface area contributed by atoms with E-state index in [0.717, 1.165) is 30.2 Å². The van der Waals surface area contributed by atoms with Crippen LogP contribution in [0.25, 0.3) is 11.3 Å². The Morgan fingerprint density at radius 3 is 2.77 bits per heavy atom. The van der Waals surface area contributed by atoms with E-state index < -0.39 is 0 Å². The lowest BCUT2D eigenvalue weighted by molar-refractivity contribution is 0.103. The first-order valence-corrected chi connectivity index (χ1v) is 8.52. The fraction of sp³-hybridized carbons (Fsp3) is 0.200. The second-order valence-electron chi connectivity index (χ2n) is 6.15. The second kappa shape index (κ2) is 7.01. The van der Waals surface area contributed by atoms with Gasteiger partial charge in [-0.15, -0.1) is 0 Å². The standard InChI is InChI=1S/C20H19N3O3/c24-18-4-2-1-3-16(18)20(25)15-11-17(22-13-15)14-5-6-21-19(12-14)23-7-9-26-10-8-23/h1-6,11-13,22,24H,7-10H2. The number of hydrogen-bond acceptors (Lipinski definition) is 5. The summed E-state index contributed by atoms with van der Waals surface area (Å²) in [5, 5.41) is 9.89. The van der Waals surface area contributed by atoms with Crippen LogP contribution in [0.3, 0.4) is 0 Å². The van der Waals surface area contributed by atoms with Gasteiger partial charge in [-0.25, -0.2) is 4.98 Å². The summed E-state index contributed by atoms with van der Waals surface area (Å²) in [7, 11) is 0. The van der Waals surface area contributed by atoms with Crippen LogP contribution in [0, 0.1) is 0 Å². The maximum Gasteiger partial charge on any atom is 0.198 e. The van der Waals surface area contributed by atoms with Gasteiger partial charge in [-0.3, -0.25) is 4.79 Å². The van der Waals surface area contributed by atoms with Crippen molar-refractivity contribution in [3.63, 3.8) is 0 Å². The van der Waals surface area contributed by atoms with E-state index in [2.05, 4.69) is 14.9 Å². The lowest BCUT2D eigenvalue weighted by atomic mass is 10.0. The molecule has 1 fully saturated rings. The quantitative estimate of drug-likeness (QED) is 0.708. The van der Waals surface area contributed by atoms with Gasteiger partial charge in [-0.2, -0.15) is 0 Å². The molecule has 132 valence electrons. The molecule has 26 heavy (non-hydrogen) atoms. The summed E-state index contributed by atoms with van der Waals surface area (Å²) in [5.41, 5.74) is 2.59. The lowest BCUT2D eigenvalue weighted by Gasteiger charge is -2.27. The second-order valence-corrected chi connectivity index (χ2v) is 6.15. The Balaban J connectivity index is 1.60. The number of anilines is 1. The highest BCUT2D eigenvalue weighted by Crippen LogP contribution is 2.26. The Hall–Kier alpha value is -3.12. The van der Waals surface area contributed by atoms with E-state index in [0.29, 0.717) is 24.3 Å². The first-order valence-electron chi connectivity index (χ1n) is 8.52. The molecule has 0 bridgehead atoms. The molecule has 0 amide bonds. The molecule has 0 spiro atoms. The highest BCUT2D eigenvalue weighted by atomic mass is 16.5.